The molecular weight excluding hydrogens is 802 g/mol. The van der Waals surface area contributed by atoms with Gasteiger partial charge < -0.3 is 39.6 Å². The molecule has 2 aromatic rings. The number of alkyl carbamates (subject to hydrolysis) is 1. The van der Waals surface area contributed by atoms with Gasteiger partial charge in [0.15, 0.2) is 0 Å². The molecule has 0 spiro atoms. The van der Waals surface area contributed by atoms with E-state index in [1.807, 2.05) is 45.9 Å². The van der Waals surface area contributed by atoms with Crippen molar-refractivity contribution in [1.82, 2.24) is 25.4 Å². The highest BCUT2D eigenvalue weighted by atomic mass is 35.5. The summed E-state index contributed by atoms with van der Waals surface area (Å²) in [5.74, 6) is -0.227. The maximum atomic E-state index is 14.8. The number of hydrogen-bond donors (Lipinski definition) is 3. The van der Waals surface area contributed by atoms with Crippen LogP contribution in [0, 0.1) is 23.2 Å². The van der Waals surface area contributed by atoms with Gasteiger partial charge in [0.2, 0.25) is 11.8 Å². The van der Waals surface area contributed by atoms with Crippen LogP contribution in [0.25, 0.3) is 10.9 Å². The summed E-state index contributed by atoms with van der Waals surface area (Å²) in [5.41, 5.74) is -0.727. The number of halogens is 1. The number of carbonyl (C=O) groups is 4. The van der Waals surface area contributed by atoms with Crippen LogP contribution >= 0.6 is 11.6 Å². The molecule has 15 heteroatoms. The topological polar surface area (TPSA) is 169 Å². The average Bonchev–Trinajstić information content (AvgIpc) is 3.64. The minimum absolute atomic E-state index is 0.0220. The van der Waals surface area contributed by atoms with Crippen LogP contribution < -0.4 is 20.1 Å². The van der Waals surface area contributed by atoms with Crippen LogP contribution in [0.2, 0.25) is 5.02 Å². The SMILES string of the molecule is CC[C@@H]1C[C@]1(NC(=O)[C@@H]1C[C@@H](Oc2cc(C3CCCCC3)nc3c(Cl)c(OCCN4CCOCC4)ccc23)CN1C(=O)[C@@H](NC(=O)OC1CC(C)[C@H](C)C1)C(C)(C)C)C(=O)O. The first-order valence-corrected chi connectivity index (χ1v) is 23.0. The van der Waals surface area contributed by atoms with Crippen LogP contribution in [-0.2, 0) is 23.9 Å². The third kappa shape index (κ3) is 10.2. The van der Waals surface area contributed by atoms with Crippen LogP contribution in [0.1, 0.15) is 117 Å². The predicted molar refractivity (Wildman–Crippen MR) is 231 cm³/mol. The Kier molecular flexibility index (Phi) is 13.9. The van der Waals surface area contributed by atoms with Crippen LogP contribution in [0.4, 0.5) is 4.79 Å². The number of likely N-dealkylation sites (tertiary alicyclic amines) is 1. The Bertz CT molecular complexity index is 1920. The van der Waals surface area contributed by atoms with Gasteiger partial charge in [-0.25, -0.2) is 9.59 Å². The largest absolute Gasteiger partial charge is 0.491 e. The summed E-state index contributed by atoms with van der Waals surface area (Å²) in [6.07, 6.45) is 6.27. The van der Waals surface area contributed by atoms with Gasteiger partial charge in [-0.15, -0.1) is 0 Å². The highest BCUT2D eigenvalue weighted by Crippen LogP contribution is 2.47. The second kappa shape index (κ2) is 18.8. The summed E-state index contributed by atoms with van der Waals surface area (Å²) in [4.78, 5) is 63.9. The molecule has 1 aromatic carbocycles. The number of nitrogens with zero attached hydrogens (tertiary/aromatic N) is 3. The van der Waals surface area contributed by atoms with Gasteiger partial charge >= 0.3 is 12.1 Å². The predicted octanol–water partition coefficient (Wildman–Crippen LogP) is 6.94. The third-order valence-electron chi connectivity index (χ3n) is 14.0. The molecule has 3 heterocycles. The van der Waals surface area contributed by atoms with Gasteiger partial charge in [0.25, 0.3) is 0 Å². The Labute approximate surface area is 365 Å². The highest BCUT2D eigenvalue weighted by Gasteiger charge is 2.61. The first-order chi connectivity index (χ1) is 29.1. The summed E-state index contributed by atoms with van der Waals surface area (Å²) >= 11 is 7.12. The van der Waals surface area contributed by atoms with Crippen molar-refractivity contribution in [2.24, 2.45) is 23.2 Å². The number of benzene rings is 1. The van der Waals surface area contributed by atoms with Gasteiger partial charge in [-0.1, -0.05) is 78.8 Å². The molecule has 2 unspecified atom stereocenters. The summed E-state index contributed by atoms with van der Waals surface area (Å²) in [7, 11) is 0. The fourth-order valence-corrected chi connectivity index (χ4v) is 10.2. The van der Waals surface area contributed by atoms with E-state index in [0.29, 0.717) is 71.9 Å². The lowest BCUT2D eigenvalue weighted by atomic mass is 9.85. The molecule has 3 N–H and O–H groups in total. The number of nitrogens with one attached hydrogen (secondary N) is 2. The van der Waals surface area contributed by atoms with Gasteiger partial charge in [0.05, 0.1) is 25.3 Å². The zero-order valence-electron chi connectivity index (χ0n) is 36.8. The van der Waals surface area contributed by atoms with Gasteiger partial charge in [-0.3, -0.25) is 19.5 Å². The lowest BCUT2D eigenvalue weighted by Gasteiger charge is -2.35. The van der Waals surface area contributed by atoms with E-state index in [-0.39, 0.29) is 30.9 Å². The molecule has 3 amide bonds. The van der Waals surface area contributed by atoms with Gasteiger partial charge in [-0.05, 0) is 67.4 Å². The Morgan fingerprint density at radius 1 is 1.02 bits per heavy atom. The molecule has 3 saturated carbocycles. The van der Waals surface area contributed by atoms with Crippen LogP contribution in [0.5, 0.6) is 11.5 Å². The number of rotatable bonds is 14. The number of aliphatic carboxylic acids is 1. The number of amides is 3. The smallest absolute Gasteiger partial charge is 0.408 e. The normalized spacial score (nSPS) is 28.9. The molecule has 2 saturated heterocycles. The number of morpholine rings is 1. The summed E-state index contributed by atoms with van der Waals surface area (Å²) < 4.78 is 24.4. The van der Waals surface area contributed by atoms with Crippen LogP contribution in [0.15, 0.2) is 18.2 Å². The number of aromatic nitrogens is 1. The molecule has 5 aliphatic rings. The molecule has 7 rings (SSSR count). The zero-order valence-corrected chi connectivity index (χ0v) is 37.6. The summed E-state index contributed by atoms with van der Waals surface area (Å²) in [6, 6.07) is 3.58. The molecule has 5 fully saturated rings. The van der Waals surface area contributed by atoms with Crippen molar-refractivity contribution in [3.05, 3.63) is 28.9 Å². The van der Waals surface area contributed by atoms with Crippen LogP contribution in [0.3, 0.4) is 0 Å². The molecule has 0 bridgehead atoms. The Morgan fingerprint density at radius 3 is 2.36 bits per heavy atom. The lowest BCUT2D eigenvalue weighted by Crippen LogP contribution is -2.59. The van der Waals surface area contributed by atoms with Crippen molar-refractivity contribution in [2.45, 2.75) is 141 Å². The molecule has 61 heavy (non-hydrogen) atoms. The number of pyridine rings is 1. The zero-order chi connectivity index (χ0) is 43.6. The number of carboxylic acid groups (broad SMARTS) is 1. The number of ether oxygens (including phenoxy) is 4. The number of carboxylic acids is 1. The van der Waals surface area contributed by atoms with Crippen molar-refractivity contribution in [2.75, 3.05) is 46.0 Å². The van der Waals surface area contributed by atoms with E-state index in [1.165, 1.54) is 11.3 Å². The highest BCUT2D eigenvalue weighted by molar-refractivity contribution is 6.36. The molecule has 336 valence electrons. The number of fused-ring (bicyclic) bond motifs is 1. The molecule has 1 aromatic heterocycles. The molecule has 14 nitrogen and oxygen atoms in total. The second-order valence-electron chi connectivity index (χ2n) is 19.4. The first kappa shape index (κ1) is 45.2. The van der Waals surface area contributed by atoms with Crippen molar-refractivity contribution < 1.29 is 43.2 Å². The number of hydrogen-bond acceptors (Lipinski definition) is 10. The fraction of sp³-hybridized carbons (Fsp3) is 0.717. The standard InChI is InChI=1S/C46H66ClN5O9/c1-7-30-25-46(30,43(55)56)50-41(53)35-23-32(26-52(35)42(54)40(45(4,5)6)49-44(57)61-31-21-27(2)28(3)22-31)60-37-24-34(29-11-9-8-10-12-29)48-39-33(37)13-14-36(38(39)47)59-20-17-51-15-18-58-19-16-51/h13-14,24,27-32,35,40H,7-12,15-23,25-26H2,1-6H3,(H,49,57)(H,50,53)(H,55,56)/t27-,28?,30-,31?,32-,35+,40-,46-/m1/s1. The second-order valence-corrected chi connectivity index (χ2v) is 19.8. The van der Waals surface area contributed by atoms with E-state index < -0.39 is 53.0 Å². The quantitative estimate of drug-likeness (QED) is 0.180. The molecule has 3 aliphatic carbocycles. The van der Waals surface area contributed by atoms with Crippen molar-refractivity contribution in [3.63, 3.8) is 0 Å². The van der Waals surface area contributed by atoms with Crippen molar-refractivity contribution in [1.29, 1.82) is 0 Å². The monoisotopic (exact) mass is 867 g/mol. The Morgan fingerprint density at radius 2 is 1.72 bits per heavy atom. The van der Waals surface area contributed by atoms with E-state index in [2.05, 4.69) is 29.4 Å². The van der Waals surface area contributed by atoms with E-state index in [1.54, 1.807) is 0 Å². The molecule has 2 aliphatic heterocycles. The van der Waals surface area contributed by atoms with Gasteiger partial charge in [-0.2, -0.15) is 0 Å². The summed E-state index contributed by atoms with van der Waals surface area (Å²) in [5, 5.41) is 17.0. The third-order valence-corrected chi connectivity index (χ3v) is 14.4. The average molecular weight is 869 g/mol. The van der Waals surface area contributed by atoms with Crippen molar-refractivity contribution in [3.8, 4) is 11.5 Å². The van der Waals surface area contributed by atoms with Gasteiger partial charge in [0.1, 0.15) is 53.0 Å². The maximum absolute atomic E-state index is 14.8. The molecular formula is C46H66ClN5O9. The number of carbonyl (C=O) groups excluding carboxylic acids is 3. The Hall–Kier alpha value is -3.88. The summed E-state index contributed by atoms with van der Waals surface area (Å²) in [6.45, 7) is 16.1. The van der Waals surface area contributed by atoms with E-state index >= 15 is 0 Å². The minimum Gasteiger partial charge on any atom is -0.491 e. The van der Waals surface area contributed by atoms with E-state index in [9.17, 15) is 24.3 Å². The fourth-order valence-electron chi connectivity index (χ4n) is 9.91. The van der Waals surface area contributed by atoms with Crippen molar-refractivity contribution >= 4 is 46.4 Å². The van der Waals surface area contributed by atoms with Gasteiger partial charge in [0, 0.05) is 49.1 Å². The maximum Gasteiger partial charge on any atom is 0.408 e. The Balaban J connectivity index is 1.17. The van der Waals surface area contributed by atoms with E-state index in [0.717, 1.165) is 63.9 Å². The minimum atomic E-state index is -1.39. The molecule has 8 atom stereocenters. The van der Waals surface area contributed by atoms with E-state index in [4.69, 9.17) is 35.5 Å². The first-order valence-electron chi connectivity index (χ1n) is 22.6. The van der Waals surface area contributed by atoms with Crippen LogP contribution in [-0.4, -0.2) is 120 Å². The lowest BCUT2D eigenvalue weighted by molar-refractivity contribution is -0.146. The molecule has 0 radical (unpaired) electrons.